The van der Waals surface area contributed by atoms with Gasteiger partial charge in [0.1, 0.15) is 0 Å². The summed E-state index contributed by atoms with van der Waals surface area (Å²) in [5.74, 6) is 0.637. The number of nitrogens with one attached hydrogen (secondary N) is 1. The molecule has 0 bridgehead atoms. The number of carbonyl (C=O) groups is 1. The molecule has 0 radical (unpaired) electrons. The lowest BCUT2D eigenvalue weighted by Crippen LogP contribution is -2.53. The molecule has 1 atom stereocenters. The van der Waals surface area contributed by atoms with Crippen molar-refractivity contribution >= 4 is 11.9 Å². The molecule has 2 fully saturated rings. The number of ether oxygens (including phenoxy) is 1. The van der Waals surface area contributed by atoms with Crippen LogP contribution in [0.1, 0.15) is 12.8 Å². The zero-order valence-electron chi connectivity index (χ0n) is 12.9. The Bertz CT molecular complexity index is 490. The average molecular weight is 305 g/mol. The van der Waals surface area contributed by atoms with Gasteiger partial charge in [0, 0.05) is 25.0 Å². The summed E-state index contributed by atoms with van der Waals surface area (Å²) < 4.78 is 5.63. The summed E-state index contributed by atoms with van der Waals surface area (Å²) in [4.78, 5) is 25.2. The molecular weight excluding hydrogens is 282 g/mol. The number of likely N-dealkylation sites (tertiary alicyclic amines) is 1. The number of hydrogen-bond donors (Lipinski definition) is 1. The van der Waals surface area contributed by atoms with Crippen LogP contribution in [0.4, 0.5) is 5.95 Å². The Kier molecular flexibility index (Phi) is 4.84. The van der Waals surface area contributed by atoms with E-state index in [0.29, 0.717) is 25.6 Å². The second-order valence-electron chi connectivity index (χ2n) is 5.94. The van der Waals surface area contributed by atoms with Crippen molar-refractivity contribution in [1.29, 1.82) is 0 Å². The van der Waals surface area contributed by atoms with Crippen molar-refractivity contribution in [2.45, 2.75) is 25.0 Å². The maximum absolute atomic E-state index is 12.4. The minimum Gasteiger partial charge on any atom is -0.365 e. The molecule has 1 aromatic rings. The first-order valence-electron chi connectivity index (χ1n) is 7.85. The number of rotatable bonds is 3. The van der Waals surface area contributed by atoms with E-state index in [1.165, 1.54) is 0 Å². The number of piperidine rings is 1. The van der Waals surface area contributed by atoms with Crippen molar-refractivity contribution in [1.82, 2.24) is 20.2 Å². The summed E-state index contributed by atoms with van der Waals surface area (Å²) in [6.07, 6.45) is 4.98. The highest BCUT2D eigenvalue weighted by molar-refractivity contribution is 5.82. The molecule has 2 aliphatic heterocycles. The molecule has 3 heterocycles. The van der Waals surface area contributed by atoms with Crippen LogP contribution in [0.5, 0.6) is 0 Å². The first kappa shape index (κ1) is 15.2. The quantitative estimate of drug-likeness (QED) is 0.840. The van der Waals surface area contributed by atoms with Gasteiger partial charge in [-0.05, 0) is 39.0 Å². The SMILES string of the molecule is CN1CCC(NC(=O)[C@@H]2CN(c3ncccn3)CCO2)CC1. The van der Waals surface area contributed by atoms with Gasteiger partial charge in [0.2, 0.25) is 5.95 Å². The number of amides is 1. The maximum atomic E-state index is 12.4. The van der Waals surface area contributed by atoms with Gasteiger partial charge >= 0.3 is 0 Å². The number of morpholine rings is 1. The fraction of sp³-hybridized carbons (Fsp3) is 0.667. The third-order valence-corrected chi connectivity index (χ3v) is 4.26. The summed E-state index contributed by atoms with van der Waals surface area (Å²) in [5, 5.41) is 3.12. The minimum absolute atomic E-state index is 0.0183. The van der Waals surface area contributed by atoms with Gasteiger partial charge in [-0.3, -0.25) is 4.79 Å². The Morgan fingerprint density at radius 3 is 2.73 bits per heavy atom. The predicted octanol–water partition coefficient (Wildman–Crippen LogP) is -0.108. The molecule has 7 heteroatoms. The standard InChI is InChI=1S/C15H23N5O2/c1-19-7-3-12(4-8-19)18-14(21)13-11-20(9-10-22-13)15-16-5-2-6-17-15/h2,5-6,12-13H,3-4,7-11H2,1H3,(H,18,21)/t13-/m0/s1. The molecule has 120 valence electrons. The average Bonchev–Trinajstić information content (AvgIpc) is 2.58. The molecule has 2 saturated heterocycles. The van der Waals surface area contributed by atoms with Crippen LogP contribution in [-0.2, 0) is 9.53 Å². The van der Waals surface area contributed by atoms with E-state index >= 15 is 0 Å². The Morgan fingerprint density at radius 1 is 1.27 bits per heavy atom. The summed E-state index contributed by atoms with van der Waals surface area (Å²) in [7, 11) is 2.11. The van der Waals surface area contributed by atoms with Crippen molar-refractivity contribution in [3.05, 3.63) is 18.5 Å². The van der Waals surface area contributed by atoms with Crippen LogP contribution < -0.4 is 10.2 Å². The fourth-order valence-corrected chi connectivity index (χ4v) is 2.89. The van der Waals surface area contributed by atoms with Gasteiger partial charge in [0.05, 0.1) is 13.2 Å². The second-order valence-corrected chi connectivity index (χ2v) is 5.94. The van der Waals surface area contributed by atoms with Crippen molar-refractivity contribution < 1.29 is 9.53 Å². The number of hydrogen-bond acceptors (Lipinski definition) is 6. The van der Waals surface area contributed by atoms with Crippen molar-refractivity contribution in [3.8, 4) is 0 Å². The maximum Gasteiger partial charge on any atom is 0.251 e. The van der Waals surface area contributed by atoms with Crippen LogP contribution in [0, 0.1) is 0 Å². The number of anilines is 1. The number of aromatic nitrogens is 2. The largest absolute Gasteiger partial charge is 0.365 e. The minimum atomic E-state index is -0.447. The van der Waals surface area contributed by atoms with Crippen LogP contribution in [0.2, 0.25) is 0 Å². The summed E-state index contributed by atoms with van der Waals surface area (Å²) in [5.41, 5.74) is 0. The second kappa shape index (κ2) is 7.02. The molecule has 0 spiro atoms. The van der Waals surface area contributed by atoms with Crippen LogP contribution in [-0.4, -0.2) is 72.8 Å². The van der Waals surface area contributed by atoms with Gasteiger partial charge < -0.3 is 19.9 Å². The van der Waals surface area contributed by atoms with Gasteiger partial charge in [-0.2, -0.15) is 0 Å². The third kappa shape index (κ3) is 3.72. The van der Waals surface area contributed by atoms with E-state index in [-0.39, 0.29) is 11.9 Å². The van der Waals surface area contributed by atoms with Gasteiger partial charge in [0.15, 0.2) is 6.10 Å². The summed E-state index contributed by atoms with van der Waals surface area (Å²) >= 11 is 0. The van der Waals surface area contributed by atoms with E-state index in [4.69, 9.17) is 4.74 Å². The van der Waals surface area contributed by atoms with Crippen LogP contribution >= 0.6 is 0 Å². The van der Waals surface area contributed by atoms with Crippen LogP contribution in [0.25, 0.3) is 0 Å². The molecule has 7 nitrogen and oxygen atoms in total. The van der Waals surface area contributed by atoms with E-state index in [0.717, 1.165) is 25.9 Å². The first-order valence-corrected chi connectivity index (χ1v) is 7.85. The highest BCUT2D eigenvalue weighted by Crippen LogP contribution is 2.13. The Balaban J connectivity index is 1.54. The zero-order valence-corrected chi connectivity index (χ0v) is 12.9. The molecule has 2 aliphatic rings. The molecule has 0 aliphatic carbocycles. The molecule has 0 unspecified atom stereocenters. The van der Waals surface area contributed by atoms with E-state index in [1.54, 1.807) is 18.5 Å². The highest BCUT2D eigenvalue weighted by Gasteiger charge is 2.29. The zero-order chi connectivity index (χ0) is 15.4. The third-order valence-electron chi connectivity index (χ3n) is 4.26. The number of carbonyl (C=O) groups excluding carboxylic acids is 1. The lowest BCUT2D eigenvalue weighted by Gasteiger charge is -2.34. The van der Waals surface area contributed by atoms with E-state index in [9.17, 15) is 4.79 Å². The Morgan fingerprint density at radius 2 is 2.00 bits per heavy atom. The molecule has 0 saturated carbocycles. The lowest BCUT2D eigenvalue weighted by atomic mass is 10.1. The van der Waals surface area contributed by atoms with Crippen LogP contribution in [0.15, 0.2) is 18.5 Å². The van der Waals surface area contributed by atoms with Gasteiger partial charge in [-0.25, -0.2) is 9.97 Å². The van der Waals surface area contributed by atoms with Crippen molar-refractivity contribution in [3.63, 3.8) is 0 Å². The first-order chi connectivity index (χ1) is 10.7. The Hall–Kier alpha value is -1.73. The highest BCUT2D eigenvalue weighted by atomic mass is 16.5. The monoisotopic (exact) mass is 305 g/mol. The fourth-order valence-electron chi connectivity index (χ4n) is 2.89. The van der Waals surface area contributed by atoms with Gasteiger partial charge in [-0.1, -0.05) is 0 Å². The van der Waals surface area contributed by atoms with Crippen LogP contribution in [0.3, 0.4) is 0 Å². The van der Waals surface area contributed by atoms with E-state index in [2.05, 4.69) is 27.2 Å². The van der Waals surface area contributed by atoms with E-state index < -0.39 is 6.10 Å². The molecular formula is C15H23N5O2. The Labute approximate surface area is 130 Å². The molecule has 22 heavy (non-hydrogen) atoms. The van der Waals surface area contributed by atoms with Gasteiger partial charge in [-0.15, -0.1) is 0 Å². The topological polar surface area (TPSA) is 70.6 Å². The van der Waals surface area contributed by atoms with Crippen molar-refractivity contribution in [2.24, 2.45) is 0 Å². The van der Waals surface area contributed by atoms with Gasteiger partial charge in [0.25, 0.3) is 5.91 Å². The molecule has 1 amide bonds. The molecule has 1 aromatic heterocycles. The molecule has 0 aromatic carbocycles. The normalized spacial score (nSPS) is 24.2. The summed E-state index contributed by atoms with van der Waals surface area (Å²) in [6.45, 7) is 3.79. The van der Waals surface area contributed by atoms with E-state index in [1.807, 2.05) is 4.90 Å². The van der Waals surface area contributed by atoms with Crippen molar-refractivity contribution in [2.75, 3.05) is 44.7 Å². The smallest absolute Gasteiger partial charge is 0.251 e. The predicted molar refractivity (Wildman–Crippen MR) is 82.6 cm³/mol. The number of nitrogens with zero attached hydrogens (tertiary/aromatic N) is 4. The lowest BCUT2D eigenvalue weighted by molar-refractivity contribution is -0.134. The molecule has 1 N–H and O–H groups in total. The summed E-state index contributed by atoms with van der Waals surface area (Å²) in [6, 6.07) is 2.05. The molecule has 3 rings (SSSR count).